The van der Waals surface area contributed by atoms with Crippen molar-refractivity contribution in [2.75, 3.05) is 26.7 Å². The van der Waals surface area contributed by atoms with E-state index in [-0.39, 0.29) is 5.92 Å². The van der Waals surface area contributed by atoms with Crippen molar-refractivity contribution in [2.24, 2.45) is 17.6 Å². The molecule has 1 amide bonds. The lowest BCUT2D eigenvalue weighted by molar-refractivity contribution is -0.139. The number of nitrogens with zero attached hydrogens (tertiary/aromatic N) is 2. The molecule has 1 saturated heterocycles. The molecule has 1 saturated carbocycles. The standard InChI is InChI=1S/C17H33N3O/c1-4-16-12-19(3)9-6-10-20(16)17(21)13(2)14-7-5-8-15(18)11-14/h13-16H,4-12,18H2,1-3H3. The van der Waals surface area contributed by atoms with Crippen molar-refractivity contribution < 1.29 is 4.79 Å². The molecule has 0 radical (unpaired) electrons. The zero-order valence-corrected chi connectivity index (χ0v) is 14.1. The Morgan fingerprint density at radius 3 is 2.71 bits per heavy atom. The Bertz CT molecular complexity index is 347. The minimum Gasteiger partial charge on any atom is -0.338 e. The molecule has 0 bridgehead atoms. The third kappa shape index (κ3) is 4.19. The van der Waals surface area contributed by atoms with E-state index in [2.05, 4.69) is 30.7 Å². The van der Waals surface area contributed by atoms with Crippen LogP contribution in [-0.4, -0.2) is 54.5 Å². The SMILES string of the molecule is CCC1CN(C)CCCN1C(=O)C(C)C1CCCC(N)C1. The Morgan fingerprint density at radius 2 is 2.05 bits per heavy atom. The van der Waals surface area contributed by atoms with Crippen molar-refractivity contribution in [1.82, 2.24) is 9.80 Å². The summed E-state index contributed by atoms with van der Waals surface area (Å²) < 4.78 is 0. The highest BCUT2D eigenvalue weighted by molar-refractivity contribution is 5.79. The zero-order valence-electron chi connectivity index (χ0n) is 14.1. The van der Waals surface area contributed by atoms with E-state index in [1.807, 2.05) is 0 Å². The summed E-state index contributed by atoms with van der Waals surface area (Å²) in [4.78, 5) is 17.5. The monoisotopic (exact) mass is 295 g/mol. The summed E-state index contributed by atoms with van der Waals surface area (Å²) in [6, 6.07) is 0.681. The molecule has 4 atom stereocenters. The molecule has 0 spiro atoms. The molecule has 0 aromatic rings. The average molecular weight is 295 g/mol. The van der Waals surface area contributed by atoms with Gasteiger partial charge in [-0.3, -0.25) is 4.79 Å². The van der Waals surface area contributed by atoms with E-state index in [0.29, 0.717) is 23.9 Å². The highest BCUT2D eigenvalue weighted by Crippen LogP contribution is 2.31. The molecule has 2 N–H and O–H groups in total. The number of hydrogen-bond acceptors (Lipinski definition) is 3. The Balaban J connectivity index is 2.02. The summed E-state index contributed by atoms with van der Waals surface area (Å²) in [7, 11) is 2.17. The summed E-state index contributed by atoms with van der Waals surface area (Å²) in [6.07, 6.45) is 6.65. The predicted molar refractivity (Wildman–Crippen MR) is 87.0 cm³/mol. The topological polar surface area (TPSA) is 49.6 Å². The van der Waals surface area contributed by atoms with Crippen LogP contribution in [0.3, 0.4) is 0 Å². The van der Waals surface area contributed by atoms with Gasteiger partial charge in [0.05, 0.1) is 0 Å². The molecule has 122 valence electrons. The van der Waals surface area contributed by atoms with Crippen molar-refractivity contribution in [3.05, 3.63) is 0 Å². The van der Waals surface area contributed by atoms with E-state index in [4.69, 9.17) is 5.73 Å². The van der Waals surface area contributed by atoms with Crippen molar-refractivity contribution in [2.45, 2.75) is 64.5 Å². The van der Waals surface area contributed by atoms with Gasteiger partial charge in [-0.15, -0.1) is 0 Å². The van der Waals surface area contributed by atoms with Gasteiger partial charge in [-0.05, 0) is 51.6 Å². The van der Waals surface area contributed by atoms with Crippen LogP contribution in [0.5, 0.6) is 0 Å². The minimum atomic E-state index is 0.133. The number of carbonyl (C=O) groups is 1. The maximum absolute atomic E-state index is 13.0. The van der Waals surface area contributed by atoms with Gasteiger partial charge in [0.15, 0.2) is 0 Å². The molecule has 1 aliphatic carbocycles. The van der Waals surface area contributed by atoms with Gasteiger partial charge in [0, 0.05) is 31.1 Å². The molecule has 2 rings (SSSR count). The van der Waals surface area contributed by atoms with Crippen LogP contribution in [-0.2, 0) is 4.79 Å². The Labute approximate surface area is 130 Å². The molecule has 2 fully saturated rings. The van der Waals surface area contributed by atoms with Crippen LogP contribution >= 0.6 is 0 Å². The number of rotatable bonds is 3. The molecular formula is C17H33N3O. The first-order valence-electron chi connectivity index (χ1n) is 8.77. The van der Waals surface area contributed by atoms with Crippen LogP contribution in [0.2, 0.25) is 0 Å². The van der Waals surface area contributed by atoms with Crippen molar-refractivity contribution in [1.29, 1.82) is 0 Å². The van der Waals surface area contributed by atoms with Gasteiger partial charge in [-0.2, -0.15) is 0 Å². The third-order valence-electron chi connectivity index (χ3n) is 5.51. The average Bonchev–Trinajstić information content (AvgIpc) is 2.67. The summed E-state index contributed by atoms with van der Waals surface area (Å²) in [5.74, 6) is 0.991. The minimum absolute atomic E-state index is 0.133. The number of likely N-dealkylation sites (N-methyl/N-ethyl adjacent to an activating group) is 1. The number of amides is 1. The van der Waals surface area contributed by atoms with Crippen LogP contribution < -0.4 is 5.73 Å². The molecule has 4 unspecified atom stereocenters. The quantitative estimate of drug-likeness (QED) is 0.867. The molecule has 4 nitrogen and oxygen atoms in total. The van der Waals surface area contributed by atoms with E-state index in [1.54, 1.807) is 0 Å². The van der Waals surface area contributed by atoms with E-state index < -0.39 is 0 Å². The molecule has 4 heteroatoms. The van der Waals surface area contributed by atoms with Crippen molar-refractivity contribution in [3.8, 4) is 0 Å². The highest BCUT2D eigenvalue weighted by Gasteiger charge is 2.34. The number of hydrogen-bond donors (Lipinski definition) is 1. The Hall–Kier alpha value is -0.610. The maximum Gasteiger partial charge on any atom is 0.225 e. The smallest absolute Gasteiger partial charge is 0.225 e. The van der Waals surface area contributed by atoms with Gasteiger partial charge in [-0.1, -0.05) is 20.3 Å². The van der Waals surface area contributed by atoms with Crippen LogP contribution in [0.15, 0.2) is 0 Å². The first-order chi connectivity index (χ1) is 10.0. The molecule has 21 heavy (non-hydrogen) atoms. The van der Waals surface area contributed by atoms with Crippen molar-refractivity contribution in [3.63, 3.8) is 0 Å². The van der Waals surface area contributed by atoms with E-state index in [1.165, 1.54) is 12.8 Å². The van der Waals surface area contributed by atoms with E-state index >= 15 is 0 Å². The van der Waals surface area contributed by atoms with Gasteiger partial charge in [0.25, 0.3) is 0 Å². The molecule has 2 aliphatic rings. The molecule has 1 aliphatic heterocycles. The third-order valence-corrected chi connectivity index (χ3v) is 5.51. The van der Waals surface area contributed by atoms with Crippen molar-refractivity contribution >= 4 is 5.91 Å². The molecule has 0 aromatic heterocycles. The second kappa shape index (κ2) is 7.59. The van der Waals surface area contributed by atoms with Crippen LogP contribution in [0.25, 0.3) is 0 Å². The lowest BCUT2D eigenvalue weighted by Gasteiger charge is -2.36. The zero-order chi connectivity index (χ0) is 15.4. The number of nitrogens with two attached hydrogens (primary N) is 1. The van der Waals surface area contributed by atoms with Gasteiger partial charge in [0.1, 0.15) is 0 Å². The lowest BCUT2D eigenvalue weighted by Crippen LogP contribution is -2.47. The fourth-order valence-electron chi connectivity index (χ4n) is 4.07. The normalized spacial score (nSPS) is 33.5. The second-order valence-electron chi connectivity index (χ2n) is 7.18. The summed E-state index contributed by atoms with van der Waals surface area (Å²) >= 11 is 0. The summed E-state index contributed by atoms with van der Waals surface area (Å²) in [5, 5.41) is 0. The predicted octanol–water partition coefficient (Wildman–Crippen LogP) is 2.08. The van der Waals surface area contributed by atoms with Crippen LogP contribution in [0.1, 0.15) is 52.4 Å². The van der Waals surface area contributed by atoms with E-state index in [0.717, 1.165) is 45.3 Å². The Kier molecular flexibility index (Phi) is 6.06. The summed E-state index contributed by atoms with van der Waals surface area (Å²) in [5.41, 5.74) is 6.11. The van der Waals surface area contributed by atoms with Gasteiger partial charge in [-0.25, -0.2) is 0 Å². The number of carbonyl (C=O) groups excluding carboxylic acids is 1. The highest BCUT2D eigenvalue weighted by atomic mass is 16.2. The first-order valence-corrected chi connectivity index (χ1v) is 8.77. The molecular weight excluding hydrogens is 262 g/mol. The van der Waals surface area contributed by atoms with E-state index in [9.17, 15) is 4.79 Å². The molecule has 1 heterocycles. The lowest BCUT2D eigenvalue weighted by atomic mass is 9.78. The molecule has 0 aromatic carbocycles. The largest absolute Gasteiger partial charge is 0.338 e. The van der Waals surface area contributed by atoms with Gasteiger partial charge >= 0.3 is 0 Å². The fraction of sp³-hybridized carbons (Fsp3) is 0.941. The Morgan fingerprint density at radius 1 is 1.29 bits per heavy atom. The van der Waals surface area contributed by atoms with Gasteiger partial charge < -0.3 is 15.5 Å². The summed E-state index contributed by atoms with van der Waals surface area (Å²) in [6.45, 7) is 7.37. The second-order valence-corrected chi connectivity index (χ2v) is 7.18. The first kappa shape index (κ1) is 16.8. The maximum atomic E-state index is 13.0. The van der Waals surface area contributed by atoms with Crippen LogP contribution in [0, 0.1) is 11.8 Å². The van der Waals surface area contributed by atoms with Crippen LogP contribution in [0.4, 0.5) is 0 Å². The fourth-order valence-corrected chi connectivity index (χ4v) is 4.07. The van der Waals surface area contributed by atoms with Gasteiger partial charge in [0.2, 0.25) is 5.91 Å².